The summed E-state index contributed by atoms with van der Waals surface area (Å²) in [6.45, 7) is 1.89. The van der Waals surface area contributed by atoms with Crippen LogP contribution in [0.15, 0.2) is 24.3 Å². The maximum Gasteiger partial charge on any atom is 0.338 e. The van der Waals surface area contributed by atoms with Gasteiger partial charge in [-0.25, -0.2) is 15.3 Å². The summed E-state index contributed by atoms with van der Waals surface area (Å²) in [6.07, 6.45) is 3.40. The van der Waals surface area contributed by atoms with Crippen molar-refractivity contribution in [2.24, 2.45) is 5.92 Å². The van der Waals surface area contributed by atoms with Gasteiger partial charge in [-0.15, -0.1) is 0 Å². The van der Waals surface area contributed by atoms with E-state index in [4.69, 9.17) is 4.74 Å². The monoisotopic (exact) mass is 366 g/mol. The number of para-hydroxylation sites is 2. The SMILES string of the molecule is CCCCC[C@@H](CN(O)C=O)C(=O)NNC(=O)Nc1ccccc1OC. The van der Waals surface area contributed by atoms with Gasteiger partial charge in [0.2, 0.25) is 12.3 Å². The van der Waals surface area contributed by atoms with Crippen LogP contribution in [0.5, 0.6) is 5.75 Å². The molecule has 144 valence electrons. The van der Waals surface area contributed by atoms with Crippen molar-refractivity contribution < 1.29 is 24.3 Å². The van der Waals surface area contributed by atoms with Crippen molar-refractivity contribution in [2.75, 3.05) is 19.0 Å². The molecule has 0 radical (unpaired) electrons. The van der Waals surface area contributed by atoms with Crippen LogP contribution in [0.2, 0.25) is 0 Å². The minimum absolute atomic E-state index is 0.144. The van der Waals surface area contributed by atoms with Crippen LogP contribution in [0, 0.1) is 5.92 Å². The van der Waals surface area contributed by atoms with E-state index < -0.39 is 17.9 Å². The summed E-state index contributed by atoms with van der Waals surface area (Å²) in [6, 6.07) is 6.19. The molecule has 9 heteroatoms. The molecule has 0 saturated carbocycles. The molecule has 0 spiro atoms. The largest absolute Gasteiger partial charge is 0.495 e. The highest BCUT2D eigenvalue weighted by molar-refractivity contribution is 5.92. The Balaban J connectivity index is 2.56. The molecule has 0 unspecified atom stereocenters. The number of ether oxygens (including phenoxy) is 1. The standard InChI is InChI=1S/C17H26N4O5/c1-3-4-5-8-13(11-21(25)12-22)16(23)19-20-17(24)18-14-9-6-7-10-15(14)26-2/h6-7,9-10,12-13,25H,3-5,8,11H2,1-2H3,(H,19,23)(H2,18,20,24)/t13-/m0/s1. The van der Waals surface area contributed by atoms with E-state index in [1.807, 2.05) is 6.92 Å². The van der Waals surface area contributed by atoms with E-state index in [2.05, 4.69) is 16.2 Å². The Morgan fingerprint density at radius 1 is 1.27 bits per heavy atom. The molecule has 0 aliphatic rings. The molecular formula is C17H26N4O5. The van der Waals surface area contributed by atoms with E-state index in [-0.39, 0.29) is 13.0 Å². The number of rotatable bonds is 10. The predicted molar refractivity (Wildman–Crippen MR) is 95.5 cm³/mol. The summed E-state index contributed by atoms with van der Waals surface area (Å²) in [5.41, 5.74) is 5.00. The van der Waals surface area contributed by atoms with Gasteiger partial charge in [0.05, 0.1) is 25.3 Å². The fourth-order valence-electron chi connectivity index (χ4n) is 2.34. The second kappa shape index (κ2) is 11.7. The average Bonchev–Trinajstić information content (AvgIpc) is 2.65. The lowest BCUT2D eigenvalue weighted by Gasteiger charge is -2.20. The molecule has 0 aliphatic carbocycles. The highest BCUT2D eigenvalue weighted by Gasteiger charge is 2.21. The third-order valence-corrected chi connectivity index (χ3v) is 3.71. The van der Waals surface area contributed by atoms with Gasteiger partial charge in [-0.1, -0.05) is 38.3 Å². The number of hydrazine groups is 1. The fraction of sp³-hybridized carbons (Fsp3) is 0.471. The van der Waals surface area contributed by atoms with Crippen LogP contribution in [0.25, 0.3) is 0 Å². The number of urea groups is 1. The van der Waals surface area contributed by atoms with E-state index in [1.54, 1.807) is 24.3 Å². The summed E-state index contributed by atoms with van der Waals surface area (Å²) in [4.78, 5) is 34.7. The number of hydrogen-bond donors (Lipinski definition) is 4. The van der Waals surface area contributed by atoms with Gasteiger partial charge in [0.15, 0.2) is 0 Å². The number of amides is 4. The first kappa shape index (κ1) is 21.2. The Morgan fingerprint density at radius 2 is 2.00 bits per heavy atom. The summed E-state index contributed by atoms with van der Waals surface area (Å²) in [5.74, 6) is -0.645. The zero-order valence-corrected chi connectivity index (χ0v) is 15.0. The third kappa shape index (κ3) is 7.39. The quantitative estimate of drug-likeness (QED) is 0.218. The van der Waals surface area contributed by atoms with Crippen molar-refractivity contribution in [1.29, 1.82) is 0 Å². The van der Waals surface area contributed by atoms with Gasteiger partial charge in [0, 0.05) is 0 Å². The molecule has 0 saturated heterocycles. The highest BCUT2D eigenvalue weighted by atomic mass is 16.5. The first-order chi connectivity index (χ1) is 12.5. The number of nitrogens with zero attached hydrogens (tertiary/aromatic N) is 1. The highest BCUT2D eigenvalue weighted by Crippen LogP contribution is 2.22. The van der Waals surface area contributed by atoms with Crippen LogP contribution in [0.4, 0.5) is 10.5 Å². The number of benzene rings is 1. The molecule has 1 aromatic rings. The summed E-state index contributed by atoms with van der Waals surface area (Å²) >= 11 is 0. The topological polar surface area (TPSA) is 120 Å². The van der Waals surface area contributed by atoms with E-state index in [0.29, 0.717) is 22.9 Å². The van der Waals surface area contributed by atoms with Crippen LogP contribution in [0.1, 0.15) is 32.6 Å². The molecule has 0 aromatic heterocycles. The molecule has 1 rings (SSSR count). The van der Waals surface area contributed by atoms with Crippen LogP contribution in [-0.4, -0.2) is 42.3 Å². The Labute approximate surface area is 152 Å². The molecule has 4 amide bonds. The molecule has 1 aromatic carbocycles. The van der Waals surface area contributed by atoms with Crippen molar-refractivity contribution in [3.05, 3.63) is 24.3 Å². The van der Waals surface area contributed by atoms with Crippen molar-refractivity contribution in [3.8, 4) is 5.75 Å². The summed E-state index contributed by atoms with van der Waals surface area (Å²) in [5, 5.41) is 12.3. The molecule has 0 fully saturated rings. The van der Waals surface area contributed by atoms with E-state index >= 15 is 0 Å². The van der Waals surface area contributed by atoms with Gasteiger partial charge >= 0.3 is 6.03 Å². The van der Waals surface area contributed by atoms with Gasteiger partial charge in [0.1, 0.15) is 5.75 Å². The van der Waals surface area contributed by atoms with Crippen LogP contribution in [0.3, 0.4) is 0 Å². The number of methoxy groups -OCH3 is 1. The zero-order chi connectivity index (χ0) is 19.4. The Kier molecular flexibility index (Phi) is 9.55. The van der Waals surface area contributed by atoms with E-state index in [9.17, 15) is 19.6 Å². The zero-order valence-electron chi connectivity index (χ0n) is 15.0. The Morgan fingerprint density at radius 3 is 2.65 bits per heavy atom. The predicted octanol–water partition coefficient (Wildman–Crippen LogP) is 1.89. The lowest BCUT2D eigenvalue weighted by Crippen LogP contribution is -2.48. The van der Waals surface area contributed by atoms with Gasteiger partial charge < -0.3 is 10.1 Å². The van der Waals surface area contributed by atoms with Gasteiger partial charge in [-0.2, -0.15) is 0 Å². The number of anilines is 1. The van der Waals surface area contributed by atoms with Gasteiger partial charge in [0.25, 0.3) is 0 Å². The van der Waals surface area contributed by atoms with E-state index in [0.717, 1.165) is 19.3 Å². The van der Waals surface area contributed by atoms with Crippen molar-refractivity contribution in [1.82, 2.24) is 15.9 Å². The minimum atomic E-state index is -0.647. The summed E-state index contributed by atoms with van der Waals surface area (Å²) < 4.78 is 5.12. The Bertz CT molecular complexity index is 596. The molecule has 0 bridgehead atoms. The summed E-state index contributed by atoms with van der Waals surface area (Å²) in [7, 11) is 1.48. The molecule has 0 aliphatic heterocycles. The van der Waals surface area contributed by atoms with Crippen molar-refractivity contribution in [3.63, 3.8) is 0 Å². The maximum atomic E-state index is 12.2. The molecule has 0 heterocycles. The number of nitrogens with one attached hydrogen (secondary N) is 3. The van der Waals surface area contributed by atoms with E-state index in [1.165, 1.54) is 7.11 Å². The van der Waals surface area contributed by atoms with Gasteiger partial charge in [-0.05, 0) is 18.6 Å². The van der Waals surface area contributed by atoms with Crippen LogP contribution < -0.4 is 20.9 Å². The van der Waals surface area contributed by atoms with Crippen LogP contribution >= 0.6 is 0 Å². The normalized spacial score (nSPS) is 11.2. The molecular weight excluding hydrogens is 340 g/mol. The Hall–Kier alpha value is -2.81. The first-order valence-electron chi connectivity index (χ1n) is 8.42. The first-order valence-corrected chi connectivity index (χ1v) is 8.42. The lowest BCUT2D eigenvalue weighted by atomic mass is 10.0. The third-order valence-electron chi connectivity index (χ3n) is 3.71. The number of hydrogen-bond acceptors (Lipinski definition) is 5. The fourth-order valence-corrected chi connectivity index (χ4v) is 2.34. The lowest BCUT2D eigenvalue weighted by molar-refractivity contribution is -0.154. The molecule has 9 nitrogen and oxygen atoms in total. The van der Waals surface area contributed by atoms with Crippen LogP contribution in [-0.2, 0) is 9.59 Å². The van der Waals surface area contributed by atoms with Gasteiger partial charge in [-0.3, -0.25) is 20.2 Å². The van der Waals surface area contributed by atoms with Crippen molar-refractivity contribution >= 4 is 24.0 Å². The number of carbonyl (C=O) groups is 3. The number of hydroxylamine groups is 2. The minimum Gasteiger partial charge on any atom is -0.495 e. The number of unbranched alkanes of at least 4 members (excludes halogenated alkanes) is 2. The maximum absolute atomic E-state index is 12.2. The average molecular weight is 366 g/mol. The second-order valence-electron chi connectivity index (χ2n) is 5.69. The molecule has 4 N–H and O–H groups in total. The molecule has 26 heavy (non-hydrogen) atoms. The molecule has 1 atom stereocenters. The number of carbonyl (C=O) groups excluding carboxylic acids is 3. The van der Waals surface area contributed by atoms with Crippen molar-refractivity contribution in [2.45, 2.75) is 32.6 Å². The smallest absolute Gasteiger partial charge is 0.338 e. The second-order valence-corrected chi connectivity index (χ2v) is 5.69.